The Morgan fingerprint density at radius 2 is 2.09 bits per heavy atom. The Balaban J connectivity index is 0. The second kappa shape index (κ2) is 14.0. The van der Waals surface area contributed by atoms with Gasteiger partial charge in [0.05, 0.1) is 12.7 Å². The maximum absolute atomic E-state index is 11.9. The summed E-state index contributed by atoms with van der Waals surface area (Å²) in [5.41, 5.74) is 0. The molecule has 2 atom stereocenters. The summed E-state index contributed by atoms with van der Waals surface area (Å²) in [4.78, 5) is 22.9. The van der Waals surface area contributed by atoms with Crippen molar-refractivity contribution in [1.29, 1.82) is 0 Å². The van der Waals surface area contributed by atoms with E-state index in [4.69, 9.17) is 4.52 Å². The summed E-state index contributed by atoms with van der Waals surface area (Å²) in [5.74, 6) is 1.06. The van der Waals surface area contributed by atoms with Crippen molar-refractivity contribution < 1.29 is 23.3 Å². The van der Waals surface area contributed by atoms with Crippen LogP contribution in [0.25, 0.3) is 0 Å². The number of hydrogen-bond donors (Lipinski definition) is 1. The lowest BCUT2D eigenvalue weighted by atomic mass is 10.3. The highest BCUT2D eigenvalue weighted by Gasteiger charge is 2.32. The third-order valence-corrected chi connectivity index (χ3v) is 4.66. The number of nitrogens with zero attached hydrogens (tertiary/aromatic N) is 1. The molecule has 9 heteroatoms. The van der Waals surface area contributed by atoms with Crippen molar-refractivity contribution in [1.82, 2.24) is 4.90 Å². The Labute approximate surface area is 155 Å². The zero-order valence-corrected chi connectivity index (χ0v) is 17.9. The van der Waals surface area contributed by atoms with Crippen LogP contribution in [0.5, 0.6) is 0 Å². The lowest BCUT2D eigenvalue weighted by Gasteiger charge is -2.18. The normalized spacial score (nSPS) is 19.7. The summed E-state index contributed by atoms with van der Waals surface area (Å²) >= 11 is 1.72. The first kappa shape index (κ1) is 24.9. The van der Waals surface area contributed by atoms with Gasteiger partial charge in [0, 0.05) is 19.5 Å². The largest absolute Gasteiger partial charge is 0.472 e. The number of carbonyl (C=O) groups excluding carboxylic acids is 1. The highest BCUT2D eigenvalue weighted by atomic mass is 127. The number of amides is 1. The minimum Gasteiger partial charge on any atom is -0.340 e. The van der Waals surface area contributed by atoms with Gasteiger partial charge in [0.2, 0.25) is 5.91 Å². The number of hydrogen-bond acceptors (Lipinski definition) is 5. The van der Waals surface area contributed by atoms with Crippen LogP contribution in [0.1, 0.15) is 40.0 Å². The molecule has 0 radical (unpaired) electrons. The lowest BCUT2D eigenvalue weighted by molar-refractivity contribution is -0.130. The Morgan fingerprint density at radius 1 is 1.45 bits per heavy atom. The molecule has 1 N–H and O–H groups in total. The molecule has 1 rings (SSSR count). The first-order valence-electron chi connectivity index (χ1n) is 7.41. The molecule has 1 saturated heterocycles. The van der Waals surface area contributed by atoms with Gasteiger partial charge in [-0.2, -0.15) is 11.8 Å². The second-order valence-corrected chi connectivity index (χ2v) is 6.73. The van der Waals surface area contributed by atoms with E-state index in [-0.39, 0.29) is 36.5 Å². The minimum atomic E-state index is -3.97. The van der Waals surface area contributed by atoms with Gasteiger partial charge in [-0.05, 0) is 31.8 Å². The van der Waals surface area contributed by atoms with Gasteiger partial charge in [-0.1, -0.05) is 13.8 Å². The maximum Gasteiger partial charge on any atom is 0.472 e. The highest BCUT2D eigenvalue weighted by molar-refractivity contribution is 14.0. The van der Waals surface area contributed by atoms with Gasteiger partial charge < -0.3 is 9.79 Å². The predicted octanol–water partition coefficient (Wildman–Crippen LogP) is 3.53. The van der Waals surface area contributed by atoms with Crippen LogP contribution in [0.2, 0.25) is 0 Å². The molecular formula is C13H29INO5PS. The number of thioether (sulfide) groups is 1. The first-order valence-corrected chi connectivity index (χ1v) is 10.3. The van der Waals surface area contributed by atoms with E-state index in [1.807, 2.05) is 20.1 Å². The molecule has 1 aliphatic heterocycles. The quantitative estimate of drug-likeness (QED) is 0.333. The number of rotatable bonds is 8. The summed E-state index contributed by atoms with van der Waals surface area (Å²) in [6.07, 6.45) is 3.56. The molecule has 1 aliphatic rings. The molecule has 0 spiro atoms. The topological polar surface area (TPSA) is 76.1 Å². The van der Waals surface area contributed by atoms with Crippen LogP contribution in [0.4, 0.5) is 0 Å². The summed E-state index contributed by atoms with van der Waals surface area (Å²) in [6.45, 7) is 6.70. The van der Waals surface area contributed by atoms with Crippen molar-refractivity contribution in [2.45, 2.75) is 46.1 Å². The summed E-state index contributed by atoms with van der Waals surface area (Å²) < 4.78 is 21.1. The van der Waals surface area contributed by atoms with E-state index >= 15 is 0 Å². The van der Waals surface area contributed by atoms with Gasteiger partial charge in [0.1, 0.15) is 0 Å². The Morgan fingerprint density at radius 3 is 2.64 bits per heavy atom. The van der Waals surface area contributed by atoms with Crippen LogP contribution < -0.4 is 0 Å². The molecule has 1 amide bonds. The predicted molar refractivity (Wildman–Crippen MR) is 102 cm³/mol. The van der Waals surface area contributed by atoms with Crippen LogP contribution in [-0.2, 0) is 18.4 Å². The zero-order valence-electron chi connectivity index (χ0n) is 13.8. The van der Waals surface area contributed by atoms with E-state index in [1.54, 1.807) is 23.6 Å². The molecule has 22 heavy (non-hydrogen) atoms. The molecule has 1 heterocycles. The number of halogens is 1. The standard InChI is InChI=1S/C11H22NO5PS.C2H6.HI/c1-3-16-18(14,15)17-10-6-7-12(9-10)11(13)5-4-8-19-2;1-2;/h10H,3-9H2,1-2H3,(H,14,15);1-2H3;1H/t10-;;/m1../s1. The average molecular weight is 469 g/mol. The third-order valence-electron chi connectivity index (χ3n) is 2.81. The molecule has 134 valence electrons. The van der Waals surface area contributed by atoms with Crippen molar-refractivity contribution >= 4 is 49.5 Å². The smallest absolute Gasteiger partial charge is 0.340 e. The van der Waals surface area contributed by atoms with Gasteiger partial charge in [-0.3, -0.25) is 13.8 Å². The van der Waals surface area contributed by atoms with E-state index < -0.39 is 13.9 Å². The number of phosphoric ester groups is 1. The van der Waals surface area contributed by atoms with Crippen molar-refractivity contribution in [2.75, 3.05) is 31.7 Å². The molecule has 0 saturated carbocycles. The molecule has 1 unspecified atom stereocenters. The molecule has 0 bridgehead atoms. The van der Waals surface area contributed by atoms with E-state index in [2.05, 4.69) is 4.52 Å². The highest BCUT2D eigenvalue weighted by Crippen LogP contribution is 2.45. The molecular weight excluding hydrogens is 440 g/mol. The monoisotopic (exact) mass is 469 g/mol. The van der Waals surface area contributed by atoms with E-state index in [1.165, 1.54) is 0 Å². The molecule has 0 aliphatic carbocycles. The molecule has 1 fully saturated rings. The van der Waals surface area contributed by atoms with Crippen LogP contribution in [-0.4, -0.2) is 53.5 Å². The third kappa shape index (κ3) is 10.4. The molecule has 0 aromatic heterocycles. The fourth-order valence-electron chi connectivity index (χ4n) is 1.95. The van der Waals surface area contributed by atoms with E-state index in [0.717, 1.165) is 12.2 Å². The van der Waals surface area contributed by atoms with E-state index in [0.29, 0.717) is 25.9 Å². The Kier molecular flexibility index (Phi) is 15.9. The van der Waals surface area contributed by atoms with Crippen molar-refractivity contribution in [3.8, 4) is 0 Å². The van der Waals surface area contributed by atoms with Gasteiger partial charge in [0.25, 0.3) is 0 Å². The summed E-state index contributed by atoms with van der Waals surface area (Å²) in [7, 11) is -3.97. The molecule has 0 aromatic rings. The minimum absolute atomic E-state index is 0. The van der Waals surface area contributed by atoms with Crippen molar-refractivity contribution in [3.05, 3.63) is 0 Å². The van der Waals surface area contributed by atoms with Crippen molar-refractivity contribution in [2.24, 2.45) is 0 Å². The van der Waals surface area contributed by atoms with Gasteiger partial charge in [-0.25, -0.2) is 4.57 Å². The van der Waals surface area contributed by atoms with Crippen LogP contribution in [0.15, 0.2) is 0 Å². The summed E-state index contributed by atoms with van der Waals surface area (Å²) in [5, 5.41) is 0. The lowest BCUT2D eigenvalue weighted by Crippen LogP contribution is -2.29. The molecule has 6 nitrogen and oxygen atoms in total. The van der Waals surface area contributed by atoms with Gasteiger partial charge >= 0.3 is 7.82 Å². The average Bonchev–Trinajstić information content (AvgIpc) is 2.89. The first-order chi connectivity index (χ1) is 9.98. The number of phosphoric acid groups is 1. The fraction of sp³-hybridized carbons (Fsp3) is 0.923. The van der Waals surface area contributed by atoms with Gasteiger partial charge in [-0.15, -0.1) is 24.0 Å². The zero-order chi connectivity index (χ0) is 16.3. The van der Waals surface area contributed by atoms with Crippen LogP contribution in [0, 0.1) is 0 Å². The van der Waals surface area contributed by atoms with Crippen LogP contribution in [0.3, 0.4) is 0 Å². The second-order valence-electron chi connectivity index (χ2n) is 4.34. The number of likely N-dealkylation sites (tertiary alicyclic amines) is 1. The maximum atomic E-state index is 11.9. The Bertz CT molecular complexity index is 348. The van der Waals surface area contributed by atoms with Crippen LogP contribution >= 0.6 is 43.6 Å². The Hall–Kier alpha value is 0.660. The SMILES string of the molecule is CC.CCOP(=O)(O)O[C@@H]1CCN(C(=O)CCCSC)C1.I. The fourth-order valence-corrected chi connectivity index (χ4v) is 3.32. The van der Waals surface area contributed by atoms with E-state index in [9.17, 15) is 14.3 Å². The molecule has 0 aromatic carbocycles. The summed E-state index contributed by atoms with van der Waals surface area (Å²) in [6, 6.07) is 0. The van der Waals surface area contributed by atoms with Crippen molar-refractivity contribution in [3.63, 3.8) is 0 Å². The van der Waals surface area contributed by atoms with Gasteiger partial charge in [0.15, 0.2) is 0 Å². The number of carbonyl (C=O) groups is 1.